The predicted octanol–water partition coefficient (Wildman–Crippen LogP) is 7.40. The summed E-state index contributed by atoms with van der Waals surface area (Å²) in [7, 11) is 0. The van der Waals surface area contributed by atoms with Crippen LogP contribution in [-0.2, 0) is 11.3 Å². The van der Waals surface area contributed by atoms with Gasteiger partial charge in [0.1, 0.15) is 12.6 Å². The molecule has 4 aromatic rings. The zero-order chi connectivity index (χ0) is 26.1. The van der Waals surface area contributed by atoms with Crippen LogP contribution in [0.1, 0.15) is 40.4 Å². The molecule has 38 heavy (non-hydrogen) atoms. The molecule has 5 atom stereocenters. The van der Waals surface area contributed by atoms with Gasteiger partial charge in [0, 0.05) is 46.5 Å². The van der Waals surface area contributed by atoms with Crippen LogP contribution in [0.3, 0.4) is 0 Å². The Labute approximate surface area is 229 Å². The number of nitrogens with zero attached hydrogens (tertiary/aromatic N) is 2. The molecule has 4 heterocycles. The minimum atomic E-state index is -0.414. The molecule has 3 aromatic carbocycles. The Morgan fingerprint density at radius 1 is 1.08 bits per heavy atom. The van der Waals surface area contributed by atoms with Gasteiger partial charge in [-0.3, -0.25) is 4.98 Å². The third kappa shape index (κ3) is 4.63. The summed E-state index contributed by atoms with van der Waals surface area (Å²) in [6, 6.07) is 27.8. The fraction of sp³-hybridized carbons (Fsp3) is 0.273. The van der Waals surface area contributed by atoms with Crippen molar-refractivity contribution in [1.82, 2.24) is 4.98 Å². The number of aromatic nitrogens is 1. The van der Waals surface area contributed by atoms with Crippen LogP contribution >= 0.6 is 11.6 Å². The van der Waals surface area contributed by atoms with Gasteiger partial charge in [-0.25, -0.2) is 4.79 Å². The maximum Gasteiger partial charge on any atom is 0.338 e. The van der Waals surface area contributed by atoms with Gasteiger partial charge in [0.25, 0.3) is 0 Å². The molecule has 0 saturated carbocycles. The molecule has 2 bridgehead atoms. The number of rotatable bonds is 7. The van der Waals surface area contributed by atoms with Crippen LogP contribution < -0.4 is 0 Å². The van der Waals surface area contributed by atoms with Gasteiger partial charge in [-0.15, -0.1) is 6.58 Å². The number of para-hydroxylation sites is 1. The molecule has 1 aromatic heterocycles. The van der Waals surface area contributed by atoms with E-state index in [4.69, 9.17) is 16.3 Å². The quantitative estimate of drug-likeness (QED) is 0.144. The number of esters is 1. The second-order valence-corrected chi connectivity index (χ2v) is 11.2. The van der Waals surface area contributed by atoms with Crippen molar-refractivity contribution in [2.24, 2.45) is 11.8 Å². The lowest BCUT2D eigenvalue weighted by molar-refractivity contribution is -0.984. The minimum Gasteiger partial charge on any atom is -0.447 e. The molecular weight excluding hydrogens is 492 g/mol. The van der Waals surface area contributed by atoms with E-state index in [1.807, 2.05) is 72.9 Å². The highest BCUT2D eigenvalue weighted by atomic mass is 35.5. The third-order valence-electron chi connectivity index (χ3n) is 8.64. The molecule has 0 aliphatic carbocycles. The number of carbonyl (C=O) groups excluding carboxylic acids is 1. The summed E-state index contributed by atoms with van der Waals surface area (Å²) in [6.45, 7) is 7.04. The zero-order valence-electron chi connectivity index (χ0n) is 21.4. The van der Waals surface area contributed by atoms with E-state index in [-0.39, 0.29) is 12.0 Å². The largest absolute Gasteiger partial charge is 0.447 e. The van der Waals surface area contributed by atoms with Gasteiger partial charge in [0.05, 0.1) is 24.2 Å². The van der Waals surface area contributed by atoms with Crippen LogP contribution in [0.15, 0.2) is 104 Å². The van der Waals surface area contributed by atoms with Crippen LogP contribution in [0, 0.1) is 11.8 Å². The van der Waals surface area contributed by atoms with Gasteiger partial charge in [-0.1, -0.05) is 66.2 Å². The molecule has 3 aliphatic rings. The molecule has 0 N–H and O–H groups in total. The number of pyridine rings is 1. The van der Waals surface area contributed by atoms with Crippen molar-refractivity contribution in [3.8, 4) is 0 Å². The van der Waals surface area contributed by atoms with Crippen LogP contribution in [0.25, 0.3) is 10.9 Å². The van der Waals surface area contributed by atoms with Crippen molar-refractivity contribution >= 4 is 28.5 Å². The highest BCUT2D eigenvalue weighted by molar-refractivity contribution is 6.30. The molecular formula is C33H32ClN2O2+. The van der Waals surface area contributed by atoms with Crippen LogP contribution in [0.5, 0.6) is 0 Å². The minimum absolute atomic E-state index is 0.0994. The van der Waals surface area contributed by atoms with Crippen LogP contribution in [-0.4, -0.2) is 34.6 Å². The Morgan fingerprint density at radius 2 is 1.89 bits per heavy atom. The lowest BCUT2D eigenvalue weighted by atomic mass is 9.71. The number of hydrogen-bond donors (Lipinski definition) is 0. The van der Waals surface area contributed by atoms with E-state index in [0.29, 0.717) is 17.4 Å². The molecule has 5 heteroatoms. The second-order valence-electron chi connectivity index (χ2n) is 10.8. The van der Waals surface area contributed by atoms with E-state index < -0.39 is 6.10 Å². The van der Waals surface area contributed by atoms with Crippen molar-refractivity contribution < 1.29 is 14.0 Å². The van der Waals surface area contributed by atoms with Gasteiger partial charge >= 0.3 is 5.97 Å². The number of halogens is 1. The van der Waals surface area contributed by atoms with Crippen molar-refractivity contribution in [3.05, 3.63) is 125 Å². The standard InChI is InChI=1S/C33H32ClN2O2/c1-2-24-22-36(21-23-9-8-12-27(34)19-23)18-16-26(24)20-31(36)32(38-33(37)25-10-4-3-5-11-25)29-15-17-35-30-14-7-6-13-28(29)30/h2-15,17,19,24,26,31-32H,1,16,18,20-22H2/q+1/t24-,26-,31+,32-,36?/m0/s1. The molecule has 192 valence electrons. The molecule has 3 aliphatic heterocycles. The molecule has 7 rings (SSSR count). The van der Waals surface area contributed by atoms with E-state index in [9.17, 15) is 4.79 Å². The summed E-state index contributed by atoms with van der Waals surface area (Å²) in [5.41, 5.74) is 3.71. The lowest BCUT2D eigenvalue weighted by Crippen LogP contribution is -2.67. The lowest BCUT2D eigenvalue weighted by Gasteiger charge is -2.58. The summed E-state index contributed by atoms with van der Waals surface area (Å²) in [5.74, 6) is 0.682. The summed E-state index contributed by atoms with van der Waals surface area (Å²) < 4.78 is 7.39. The van der Waals surface area contributed by atoms with Crippen molar-refractivity contribution in [2.75, 3.05) is 13.1 Å². The maximum atomic E-state index is 13.6. The maximum absolute atomic E-state index is 13.6. The van der Waals surface area contributed by atoms with Crippen LogP contribution in [0.4, 0.5) is 0 Å². The van der Waals surface area contributed by atoms with Crippen molar-refractivity contribution in [2.45, 2.75) is 31.5 Å². The topological polar surface area (TPSA) is 39.2 Å². The molecule has 0 amide bonds. The Hall–Kier alpha value is -3.47. The number of benzene rings is 3. The Morgan fingerprint density at radius 3 is 2.71 bits per heavy atom. The third-order valence-corrected chi connectivity index (χ3v) is 8.88. The van der Waals surface area contributed by atoms with Gasteiger partial charge in [0.2, 0.25) is 0 Å². The first-order valence-electron chi connectivity index (χ1n) is 13.4. The van der Waals surface area contributed by atoms with E-state index in [1.165, 1.54) is 5.56 Å². The Balaban J connectivity index is 1.47. The van der Waals surface area contributed by atoms with E-state index in [0.717, 1.165) is 58.4 Å². The molecule has 1 unspecified atom stereocenters. The smallest absolute Gasteiger partial charge is 0.338 e. The number of hydrogen-bond acceptors (Lipinski definition) is 3. The number of piperidine rings is 3. The normalized spacial score (nSPS) is 25.1. The SMILES string of the molecule is C=C[C@H]1C[N+]2(Cc3cccc(Cl)c3)CC[C@H]1C[C@@H]2[C@@H](OC(=O)c1ccccc1)c1ccnc2ccccc12. The number of fused-ring (bicyclic) bond motifs is 4. The van der Waals surface area contributed by atoms with E-state index in [2.05, 4.69) is 35.8 Å². The van der Waals surface area contributed by atoms with E-state index >= 15 is 0 Å². The van der Waals surface area contributed by atoms with Gasteiger partial charge in [0.15, 0.2) is 6.10 Å². The molecule has 0 radical (unpaired) electrons. The fourth-order valence-electron chi connectivity index (χ4n) is 6.84. The summed E-state index contributed by atoms with van der Waals surface area (Å²) in [4.78, 5) is 18.2. The average Bonchev–Trinajstić information content (AvgIpc) is 2.96. The highest BCUT2D eigenvalue weighted by Crippen LogP contribution is 2.49. The van der Waals surface area contributed by atoms with Gasteiger partial charge < -0.3 is 9.22 Å². The first-order valence-corrected chi connectivity index (χ1v) is 13.8. The summed E-state index contributed by atoms with van der Waals surface area (Å²) >= 11 is 6.41. The first-order chi connectivity index (χ1) is 18.6. The van der Waals surface area contributed by atoms with Gasteiger partial charge in [-0.2, -0.15) is 0 Å². The monoisotopic (exact) mass is 523 g/mol. The Kier molecular flexibility index (Phi) is 6.77. The fourth-order valence-corrected chi connectivity index (χ4v) is 7.05. The summed E-state index contributed by atoms with van der Waals surface area (Å²) in [6.07, 6.45) is 5.68. The first kappa shape index (κ1) is 24.8. The van der Waals surface area contributed by atoms with Crippen molar-refractivity contribution in [1.29, 1.82) is 0 Å². The predicted molar refractivity (Wildman–Crippen MR) is 152 cm³/mol. The number of carbonyl (C=O) groups is 1. The van der Waals surface area contributed by atoms with Crippen molar-refractivity contribution in [3.63, 3.8) is 0 Å². The number of quaternary nitrogens is 1. The summed E-state index contributed by atoms with van der Waals surface area (Å²) in [5, 5.41) is 1.78. The van der Waals surface area contributed by atoms with Crippen LogP contribution in [0.2, 0.25) is 5.02 Å². The second kappa shape index (κ2) is 10.4. The highest BCUT2D eigenvalue weighted by Gasteiger charge is 2.55. The number of ether oxygens (including phenoxy) is 1. The average molecular weight is 524 g/mol. The van der Waals surface area contributed by atoms with E-state index in [1.54, 1.807) is 0 Å². The molecule has 0 spiro atoms. The Bertz CT molecular complexity index is 1470. The molecule has 3 saturated heterocycles. The van der Waals surface area contributed by atoms with Gasteiger partial charge in [-0.05, 0) is 42.3 Å². The molecule has 3 fully saturated rings. The zero-order valence-corrected chi connectivity index (χ0v) is 22.1. The molecule has 4 nitrogen and oxygen atoms in total.